The van der Waals surface area contributed by atoms with Gasteiger partial charge in [0, 0.05) is 12.6 Å². The van der Waals surface area contributed by atoms with E-state index in [0.29, 0.717) is 19.0 Å². The first kappa shape index (κ1) is 20.9. The summed E-state index contributed by atoms with van der Waals surface area (Å²) in [6.45, 7) is 7.33. The number of rotatable bonds is 7. The first-order valence-corrected chi connectivity index (χ1v) is 8.71. The fourth-order valence-corrected chi connectivity index (χ4v) is 2.81. The van der Waals surface area contributed by atoms with E-state index < -0.39 is 5.60 Å². The summed E-state index contributed by atoms with van der Waals surface area (Å²) in [5, 5.41) is 24.7. The molecule has 1 unspecified atom stereocenters. The molecule has 6 nitrogen and oxygen atoms in total. The van der Waals surface area contributed by atoms with Crippen LogP contribution in [-0.4, -0.2) is 29.3 Å². The van der Waals surface area contributed by atoms with Crippen LogP contribution in [0.2, 0.25) is 0 Å². The van der Waals surface area contributed by atoms with Crippen LogP contribution in [-0.2, 0) is 18.6 Å². The van der Waals surface area contributed by atoms with Gasteiger partial charge in [-0.05, 0) is 42.7 Å². The number of aliphatic hydroxyl groups is 1. The number of aromatic nitrogens is 1. The molecule has 0 amide bonds. The zero-order valence-corrected chi connectivity index (χ0v) is 17.4. The summed E-state index contributed by atoms with van der Waals surface area (Å²) >= 11 is 1.57. The highest BCUT2D eigenvalue weighted by Gasteiger charge is 2.23. The monoisotopic (exact) mass is 464 g/mol. The molecule has 8 heteroatoms. The lowest BCUT2D eigenvalue weighted by atomic mass is 9.99. The van der Waals surface area contributed by atoms with E-state index in [-0.39, 0.29) is 24.0 Å². The summed E-state index contributed by atoms with van der Waals surface area (Å²) < 4.78 is 5.23. The largest absolute Gasteiger partial charge is 0.384 e. The lowest BCUT2D eigenvalue weighted by molar-refractivity contribution is 0.0621. The average Bonchev–Trinajstić information content (AvgIpc) is 3.21. The second-order valence-corrected chi connectivity index (χ2v) is 6.25. The minimum Gasteiger partial charge on any atom is -0.384 e. The zero-order chi connectivity index (χ0) is 16.7. The minimum atomic E-state index is -0.947. The van der Waals surface area contributed by atoms with Crippen LogP contribution in [0.4, 0.5) is 0 Å². The van der Waals surface area contributed by atoms with Crippen molar-refractivity contribution in [2.24, 2.45) is 4.99 Å². The fourth-order valence-electron chi connectivity index (χ4n) is 2.02. The van der Waals surface area contributed by atoms with Crippen molar-refractivity contribution in [2.45, 2.75) is 39.3 Å². The van der Waals surface area contributed by atoms with E-state index in [1.54, 1.807) is 18.3 Å². The maximum Gasteiger partial charge on any atom is 0.191 e. The zero-order valence-electron chi connectivity index (χ0n) is 14.2. The van der Waals surface area contributed by atoms with Crippen LogP contribution in [0.5, 0.6) is 0 Å². The van der Waals surface area contributed by atoms with Crippen LogP contribution in [0.3, 0.4) is 0 Å². The average molecular weight is 464 g/mol. The first-order chi connectivity index (χ1) is 11.0. The predicted octanol–water partition coefficient (Wildman–Crippen LogP) is 2.88. The number of hydrogen-bond acceptors (Lipinski definition) is 5. The van der Waals surface area contributed by atoms with Crippen molar-refractivity contribution < 1.29 is 9.63 Å². The number of guanidine groups is 1. The third-order valence-electron chi connectivity index (χ3n) is 3.45. The Morgan fingerprint density at radius 3 is 2.79 bits per heavy atom. The standard InChI is InChI=1S/C16H24N4O2S.HI/c1-4-13-8-14(22-20-13)9-18-15(17-5-2)19-11-16(3,21)12-6-7-23-10-12;/h6-8,10,21H,4-5,9,11H2,1-3H3,(H2,17,18,19);1H. The molecule has 0 spiro atoms. The fraction of sp³-hybridized carbons (Fsp3) is 0.500. The van der Waals surface area contributed by atoms with Gasteiger partial charge in [0.05, 0.1) is 12.2 Å². The smallest absolute Gasteiger partial charge is 0.191 e. The van der Waals surface area contributed by atoms with Crippen molar-refractivity contribution >= 4 is 41.3 Å². The maximum absolute atomic E-state index is 10.5. The summed E-state index contributed by atoms with van der Waals surface area (Å²) in [4.78, 5) is 4.47. The van der Waals surface area contributed by atoms with E-state index in [9.17, 15) is 5.11 Å². The lowest BCUT2D eigenvalue weighted by Crippen LogP contribution is -2.44. The van der Waals surface area contributed by atoms with Crippen LogP contribution < -0.4 is 10.6 Å². The molecule has 0 bridgehead atoms. The van der Waals surface area contributed by atoms with E-state index in [1.165, 1.54) is 0 Å². The Morgan fingerprint density at radius 2 is 2.21 bits per heavy atom. The molecule has 0 saturated heterocycles. The SMILES string of the molecule is CCNC(=NCc1cc(CC)no1)NCC(C)(O)c1ccsc1.I. The Hall–Kier alpha value is -1.13. The molecule has 2 heterocycles. The van der Waals surface area contributed by atoms with Gasteiger partial charge in [-0.1, -0.05) is 12.1 Å². The molecule has 2 rings (SSSR count). The number of nitrogens with zero attached hydrogens (tertiary/aromatic N) is 2. The Kier molecular flexibility index (Phi) is 8.71. The van der Waals surface area contributed by atoms with Crippen molar-refractivity contribution in [3.05, 3.63) is 39.9 Å². The predicted molar refractivity (Wildman–Crippen MR) is 108 cm³/mol. The van der Waals surface area contributed by atoms with Gasteiger partial charge in [-0.3, -0.25) is 0 Å². The maximum atomic E-state index is 10.5. The second kappa shape index (κ2) is 10.00. The van der Waals surface area contributed by atoms with Gasteiger partial charge in [-0.2, -0.15) is 11.3 Å². The highest BCUT2D eigenvalue weighted by atomic mass is 127. The van der Waals surface area contributed by atoms with Crippen molar-refractivity contribution in [2.75, 3.05) is 13.1 Å². The van der Waals surface area contributed by atoms with Gasteiger partial charge in [0.1, 0.15) is 12.1 Å². The van der Waals surface area contributed by atoms with Crippen LogP contribution >= 0.6 is 35.3 Å². The molecule has 2 aromatic rings. The molecule has 2 aromatic heterocycles. The van der Waals surface area contributed by atoms with Gasteiger partial charge in [-0.25, -0.2) is 4.99 Å². The number of aryl methyl sites for hydroxylation is 1. The first-order valence-electron chi connectivity index (χ1n) is 7.77. The summed E-state index contributed by atoms with van der Waals surface area (Å²) in [6, 6.07) is 3.84. The van der Waals surface area contributed by atoms with Gasteiger partial charge in [-0.15, -0.1) is 24.0 Å². The molecule has 3 N–H and O–H groups in total. The van der Waals surface area contributed by atoms with Gasteiger partial charge in [0.2, 0.25) is 0 Å². The normalized spacial score (nSPS) is 13.9. The van der Waals surface area contributed by atoms with Crippen molar-refractivity contribution in [1.82, 2.24) is 15.8 Å². The summed E-state index contributed by atoms with van der Waals surface area (Å²) in [5.74, 6) is 1.36. The Balaban J connectivity index is 0.00000288. The van der Waals surface area contributed by atoms with E-state index in [0.717, 1.165) is 30.0 Å². The topological polar surface area (TPSA) is 82.7 Å². The third-order valence-corrected chi connectivity index (χ3v) is 4.13. The minimum absolute atomic E-state index is 0. The molecule has 0 aliphatic carbocycles. The molecule has 1 atom stereocenters. The van der Waals surface area contributed by atoms with E-state index in [2.05, 4.69) is 20.8 Å². The molecule has 24 heavy (non-hydrogen) atoms. The molecular weight excluding hydrogens is 439 g/mol. The molecule has 0 fully saturated rings. The Labute approximate surface area is 163 Å². The second-order valence-electron chi connectivity index (χ2n) is 5.47. The Morgan fingerprint density at radius 1 is 1.42 bits per heavy atom. The van der Waals surface area contributed by atoms with Crippen LogP contribution in [0.25, 0.3) is 0 Å². The quantitative estimate of drug-likeness (QED) is 0.334. The summed E-state index contributed by atoms with van der Waals surface area (Å²) in [6.07, 6.45) is 0.842. The molecule has 0 aliphatic heterocycles. The van der Waals surface area contributed by atoms with Gasteiger partial charge in [0.25, 0.3) is 0 Å². The molecule has 0 aromatic carbocycles. The van der Waals surface area contributed by atoms with Crippen molar-refractivity contribution in [1.29, 1.82) is 0 Å². The van der Waals surface area contributed by atoms with Gasteiger partial charge >= 0.3 is 0 Å². The number of nitrogens with one attached hydrogen (secondary N) is 2. The lowest BCUT2D eigenvalue weighted by Gasteiger charge is -2.24. The van der Waals surface area contributed by atoms with Crippen molar-refractivity contribution in [3.63, 3.8) is 0 Å². The van der Waals surface area contributed by atoms with Gasteiger partial charge < -0.3 is 20.3 Å². The summed E-state index contributed by atoms with van der Waals surface area (Å²) in [5.41, 5.74) is 0.875. The van der Waals surface area contributed by atoms with Crippen molar-refractivity contribution in [3.8, 4) is 0 Å². The summed E-state index contributed by atoms with van der Waals surface area (Å²) in [7, 11) is 0. The van der Waals surface area contributed by atoms with E-state index >= 15 is 0 Å². The number of aliphatic imine (C=N–C) groups is 1. The van der Waals surface area contributed by atoms with Crippen LogP contribution in [0.15, 0.2) is 32.4 Å². The Bertz CT molecular complexity index is 626. The molecular formula is C16H25IN4O2S. The number of hydrogen-bond donors (Lipinski definition) is 3. The van der Waals surface area contributed by atoms with E-state index in [1.807, 2.05) is 36.7 Å². The highest BCUT2D eigenvalue weighted by Crippen LogP contribution is 2.21. The molecule has 0 radical (unpaired) electrons. The number of halogens is 1. The number of thiophene rings is 1. The third kappa shape index (κ3) is 6.06. The van der Waals surface area contributed by atoms with Crippen LogP contribution in [0.1, 0.15) is 37.8 Å². The highest BCUT2D eigenvalue weighted by molar-refractivity contribution is 14.0. The molecule has 0 saturated carbocycles. The van der Waals surface area contributed by atoms with E-state index in [4.69, 9.17) is 4.52 Å². The van der Waals surface area contributed by atoms with Crippen LogP contribution in [0, 0.1) is 0 Å². The van der Waals surface area contributed by atoms with Gasteiger partial charge in [0.15, 0.2) is 11.7 Å². The molecule has 0 aliphatic rings. The molecule has 134 valence electrons.